The van der Waals surface area contributed by atoms with Gasteiger partial charge in [0.1, 0.15) is 0 Å². The molecule has 0 bridgehead atoms. The van der Waals surface area contributed by atoms with E-state index in [9.17, 15) is 20.2 Å². The van der Waals surface area contributed by atoms with Gasteiger partial charge in [-0.15, -0.1) is 0 Å². The van der Waals surface area contributed by atoms with Crippen LogP contribution in [0.15, 0.2) is 48.5 Å². The minimum Gasteiger partial charge on any atom is -0.358 e. The SMILES string of the molecule is C1CCCC1.CC(C)(C)C1CCC(c2ccc([N+](=O)[O-])cc2)C1.CC(C)(C)C1CCCC1.O=[N+]([O-])c1ccc(C2CCCC2)cc1.[CH3-].[CH3-].[CH3-].[CH3-].[Fe+2].[Fe+2]. The van der Waals surface area contributed by atoms with E-state index < -0.39 is 0 Å². The topological polar surface area (TPSA) is 86.3 Å². The first kappa shape index (κ1) is 57.0. The summed E-state index contributed by atoms with van der Waals surface area (Å²) in [5.41, 5.74) is 3.84. The zero-order valence-corrected chi connectivity index (χ0v) is 36.7. The fourth-order valence-corrected chi connectivity index (χ4v) is 7.74. The maximum absolute atomic E-state index is 10.6. The van der Waals surface area contributed by atoms with Crippen LogP contribution in [0.4, 0.5) is 11.4 Å². The zero-order chi connectivity index (χ0) is 33.7. The number of hydrogen-bond acceptors (Lipinski definition) is 4. The quantitative estimate of drug-likeness (QED) is 0.133. The van der Waals surface area contributed by atoms with E-state index in [-0.39, 0.29) is 85.1 Å². The van der Waals surface area contributed by atoms with Crippen molar-refractivity contribution < 1.29 is 44.0 Å². The third-order valence-electron chi connectivity index (χ3n) is 11.0. The van der Waals surface area contributed by atoms with Crippen molar-refractivity contribution in [2.75, 3.05) is 0 Å². The second-order valence-electron chi connectivity index (χ2n) is 16.4. The van der Waals surface area contributed by atoms with E-state index in [4.69, 9.17) is 0 Å². The molecule has 0 aliphatic heterocycles. The molecule has 2 aromatic carbocycles. The van der Waals surface area contributed by atoms with E-state index in [1.54, 1.807) is 24.3 Å². The Morgan fingerprint density at radius 3 is 1.08 bits per heavy atom. The van der Waals surface area contributed by atoms with Gasteiger partial charge in [-0.1, -0.05) is 124 Å². The largest absolute Gasteiger partial charge is 2.00 e. The van der Waals surface area contributed by atoms with Crippen LogP contribution in [0.25, 0.3) is 0 Å². The number of hydrogen-bond donors (Lipinski definition) is 0. The van der Waals surface area contributed by atoms with Gasteiger partial charge in [0, 0.05) is 24.3 Å². The van der Waals surface area contributed by atoms with Crippen LogP contribution in [0.1, 0.15) is 167 Å². The van der Waals surface area contributed by atoms with Crippen LogP contribution < -0.4 is 0 Å². The Bertz CT molecular complexity index is 1180. The molecule has 8 heteroatoms. The van der Waals surface area contributed by atoms with Gasteiger partial charge < -0.3 is 29.7 Å². The molecule has 0 radical (unpaired) electrons. The Kier molecular flexibility index (Phi) is 30.5. The Labute approximate surface area is 342 Å². The molecule has 0 N–H and O–H groups in total. The van der Waals surface area contributed by atoms with Crippen molar-refractivity contribution in [3.05, 3.63) is 110 Å². The predicted octanol–water partition coefficient (Wildman–Crippen LogP) is 14.7. The Hall–Kier alpha value is -1.72. The second kappa shape index (κ2) is 27.8. The van der Waals surface area contributed by atoms with E-state index in [1.807, 2.05) is 24.3 Å². The standard InChI is InChI=1S/C15H21NO2.C11H13NO2.C9H18.C5H10.4CH3.2Fe/c1-15(2,3)13-7-4-12(10-13)11-5-8-14(9-6-11)16(17)18;13-12(14)11-7-5-10(6-8-11)9-3-1-2-4-9;1-9(2,3)8-6-4-5-7-8;1-2-4-5-3-1;;;;;;/h5-6,8-9,12-13H,4,7,10H2,1-3H3;5-9H,1-4H2;8H,4-7H2,1-3H3;1-5H2;4*1H3;;/q;;;;4*-1;2*+2. The molecule has 6 rings (SSSR count). The van der Waals surface area contributed by atoms with Crippen LogP contribution in [-0.2, 0) is 34.1 Å². The summed E-state index contributed by atoms with van der Waals surface area (Å²) in [5.74, 6) is 2.99. The van der Waals surface area contributed by atoms with E-state index in [0.717, 1.165) is 11.8 Å². The van der Waals surface area contributed by atoms with Crippen LogP contribution in [0.5, 0.6) is 0 Å². The molecule has 4 aliphatic carbocycles. The molecule has 4 aliphatic rings. The van der Waals surface area contributed by atoms with Crippen LogP contribution in [0.2, 0.25) is 0 Å². The number of nitro groups is 2. The summed E-state index contributed by atoms with van der Waals surface area (Å²) in [5, 5.41) is 21.1. The van der Waals surface area contributed by atoms with Crippen LogP contribution in [0, 0.1) is 72.6 Å². The maximum Gasteiger partial charge on any atom is 2.00 e. The molecule has 2 unspecified atom stereocenters. The molecule has 0 heterocycles. The first-order valence-electron chi connectivity index (χ1n) is 18.2. The molecular formula is C44H74Fe2N2O4. The summed E-state index contributed by atoms with van der Waals surface area (Å²) in [6.07, 6.45) is 22.1. The van der Waals surface area contributed by atoms with Gasteiger partial charge in [-0.05, 0) is 90.6 Å². The summed E-state index contributed by atoms with van der Waals surface area (Å²) in [6, 6.07) is 14.1. The average molecular weight is 807 g/mol. The third-order valence-corrected chi connectivity index (χ3v) is 11.0. The first-order valence-corrected chi connectivity index (χ1v) is 18.2. The molecule has 0 amide bonds. The fourth-order valence-electron chi connectivity index (χ4n) is 7.74. The average Bonchev–Trinajstić information content (AvgIpc) is 3.86. The number of benzene rings is 2. The molecule has 4 fully saturated rings. The van der Waals surface area contributed by atoms with Crippen molar-refractivity contribution in [1.82, 2.24) is 0 Å². The summed E-state index contributed by atoms with van der Waals surface area (Å²) >= 11 is 0. The van der Waals surface area contributed by atoms with Gasteiger partial charge in [-0.3, -0.25) is 20.2 Å². The van der Waals surface area contributed by atoms with Gasteiger partial charge in [-0.25, -0.2) is 0 Å². The molecule has 4 saturated carbocycles. The molecule has 300 valence electrons. The van der Waals surface area contributed by atoms with E-state index in [0.29, 0.717) is 22.7 Å². The molecule has 2 aromatic rings. The van der Waals surface area contributed by atoms with Crippen LogP contribution in [0.3, 0.4) is 0 Å². The number of rotatable bonds is 4. The molecule has 6 nitrogen and oxygen atoms in total. The predicted molar refractivity (Wildman–Crippen MR) is 217 cm³/mol. The molecule has 0 saturated heterocycles. The molecule has 0 spiro atoms. The van der Waals surface area contributed by atoms with Crippen molar-refractivity contribution in [3.8, 4) is 0 Å². The Morgan fingerprint density at radius 1 is 0.462 bits per heavy atom. The fraction of sp³-hybridized carbons (Fsp3) is 0.636. The van der Waals surface area contributed by atoms with Crippen molar-refractivity contribution in [2.45, 2.75) is 156 Å². The summed E-state index contributed by atoms with van der Waals surface area (Å²) in [6.45, 7) is 14.0. The van der Waals surface area contributed by atoms with Gasteiger partial charge in [0.2, 0.25) is 0 Å². The van der Waals surface area contributed by atoms with Crippen molar-refractivity contribution in [2.24, 2.45) is 22.7 Å². The molecular weight excluding hydrogens is 732 g/mol. The maximum atomic E-state index is 10.6. The minimum atomic E-state index is -0.349. The van der Waals surface area contributed by atoms with Gasteiger partial charge in [0.15, 0.2) is 0 Å². The minimum absolute atomic E-state index is 0. The molecule has 2 atom stereocenters. The summed E-state index contributed by atoms with van der Waals surface area (Å²) < 4.78 is 0. The van der Waals surface area contributed by atoms with Crippen LogP contribution in [-0.4, -0.2) is 9.85 Å². The Balaban J connectivity index is -0.000000305. The number of nitro benzene ring substituents is 2. The van der Waals surface area contributed by atoms with Gasteiger partial charge in [0.25, 0.3) is 11.4 Å². The van der Waals surface area contributed by atoms with Gasteiger partial charge in [0.05, 0.1) is 9.85 Å². The molecule has 52 heavy (non-hydrogen) atoms. The van der Waals surface area contributed by atoms with Crippen molar-refractivity contribution in [1.29, 1.82) is 0 Å². The monoisotopic (exact) mass is 806 g/mol. The molecule has 0 aromatic heterocycles. The smallest absolute Gasteiger partial charge is 0.358 e. The summed E-state index contributed by atoms with van der Waals surface area (Å²) in [4.78, 5) is 20.4. The van der Waals surface area contributed by atoms with Gasteiger partial charge >= 0.3 is 34.1 Å². The zero-order valence-electron chi connectivity index (χ0n) is 34.5. The van der Waals surface area contributed by atoms with Crippen molar-refractivity contribution >= 4 is 11.4 Å². The van der Waals surface area contributed by atoms with E-state index in [2.05, 4.69) is 41.5 Å². The number of non-ortho nitro benzene ring substituents is 2. The number of nitrogens with zero attached hydrogens (tertiary/aromatic N) is 2. The van der Waals surface area contributed by atoms with Crippen LogP contribution >= 0.6 is 0 Å². The summed E-state index contributed by atoms with van der Waals surface area (Å²) in [7, 11) is 0. The van der Waals surface area contributed by atoms with E-state index >= 15 is 0 Å². The normalized spacial score (nSPS) is 19.3. The third kappa shape index (κ3) is 19.6. The Morgan fingerprint density at radius 2 is 0.788 bits per heavy atom. The second-order valence-corrected chi connectivity index (χ2v) is 16.4. The first-order chi connectivity index (χ1) is 21.8. The van der Waals surface area contributed by atoms with E-state index in [1.165, 1.54) is 114 Å². The van der Waals surface area contributed by atoms with Gasteiger partial charge in [-0.2, -0.15) is 0 Å². The van der Waals surface area contributed by atoms with Crippen molar-refractivity contribution in [3.63, 3.8) is 0 Å².